The first-order valence-electron chi connectivity index (χ1n) is 9.21. The summed E-state index contributed by atoms with van der Waals surface area (Å²) in [6.07, 6.45) is 4.09. The molecule has 28 heavy (non-hydrogen) atoms. The third kappa shape index (κ3) is 3.26. The quantitative estimate of drug-likeness (QED) is 0.404. The number of H-pyrrole nitrogens is 2. The summed E-state index contributed by atoms with van der Waals surface area (Å²) < 4.78 is 13.2. The summed E-state index contributed by atoms with van der Waals surface area (Å²) in [5, 5.41) is 21.6. The van der Waals surface area contributed by atoms with Crippen molar-refractivity contribution < 1.29 is 4.39 Å². The van der Waals surface area contributed by atoms with Crippen LogP contribution in [0.25, 0.3) is 11.0 Å². The maximum Gasteiger partial charge on any atom is 0.227 e. The second-order valence-corrected chi connectivity index (χ2v) is 7.05. The molecule has 9 heteroatoms. The predicted molar refractivity (Wildman–Crippen MR) is 104 cm³/mol. The Bertz CT molecular complexity index is 1110. The van der Waals surface area contributed by atoms with Gasteiger partial charge in [0.2, 0.25) is 5.95 Å². The van der Waals surface area contributed by atoms with Crippen LogP contribution in [0.2, 0.25) is 0 Å². The van der Waals surface area contributed by atoms with Crippen LogP contribution in [0, 0.1) is 5.82 Å². The van der Waals surface area contributed by atoms with Crippen molar-refractivity contribution in [2.75, 3.05) is 10.6 Å². The Morgan fingerprint density at radius 2 is 1.96 bits per heavy atom. The Kier molecular flexibility index (Phi) is 3.92. The molecule has 5 rings (SSSR count). The summed E-state index contributed by atoms with van der Waals surface area (Å²) in [5.74, 6) is 2.09. The molecule has 1 aromatic carbocycles. The van der Waals surface area contributed by atoms with E-state index in [2.05, 4.69) is 41.0 Å². The SMILES string of the molecule is C[C@H](Nc1nc(Nc2cc(C3CC3)[nH]n2)c2cn[nH]c2n1)c1ccc(F)cc1. The summed E-state index contributed by atoms with van der Waals surface area (Å²) in [5.41, 5.74) is 2.69. The molecular formula is C19H19FN8. The van der Waals surface area contributed by atoms with E-state index in [-0.39, 0.29) is 11.9 Å². The maximum absolute atomic E-state index is 13.2. The van der Waals surface area contributed by atoms with E-state index in [4.69, 9.17) is 0 Å². The highest BCUT2D eigenvalue weighted by atomic mass is 19.1. The Labute approximate surface area is 160 Å². The molecule has 1 aliphatic rings. The Hall–Kier alpha value is -3.49. The molecule has 0 aliphatic heterocycles. The fourth-order valence-electron chi connectivity index (χ4n) is 3.15. The number of aromatic amines is 2. The van der Waals surface area contributed by atoms with Crippen molar-refractivity contribution in [2.45, 2.75) is 31.7 Å². The summed E-state index contributed by atoms with van der Waals surface area (Å²) in [6, 6.07) is 8.28. The van der Waals surface area contributed by atoms with Gasteiger partial charge in [0, 0.05) is 17.7 Å². The summed E-state index contributed by atoms with van der Waals surface area (Å²) in [6.45, 7) is 1.97. The lowest BCUT2D eigenvalue weighted by Crippen LogP contribution is -2.10. The van der Waals surface area contributed by atoms with Gasteiger partial charge in [-0.1, -0.05) is 12.1 Å². The van der Waals surface area contributed by atoms with Gasteiger partial charge in [0.15, 0.2) is 11.5 Å². The van der Waals surface area contributed by atoms with Gasteiger partial charge in [-0.05, 0) is 37.5 Å². The van der Waals surface area contributed by atoms with Crippen LogP contribution in [0.5, 0.6) is 0 Å². The van der Waals surface area contributed by atoms with Crippen molar-refractivity contribution in [3.05, 3.63) is 53.6 Å². The monoisotopic (exact) mass is 378 g/mol. The first kappa shape index (κ1) is 16.7. The van der Waals surface area contributed by atoms with Crippen molar-refractivity contribution in [3.63, 3.8) is 0 Å². The van der Waals surface area contributed by atoms with E-state index in [9.17, 15) is 4.39 Å². The molecule has 0 spiro atoms. The zero-order valence-electron chi connectivity index (χ0n) is 15.2. The molecule has 0 unspecified atom stereocenters. The maximum atomic E-state index is 13.2. The summed E-state index contributed by atoms with van der Waals surface area (Å²) >= 11 is 0. The second-order valence-electron chi connectivity index (χ2n) is 7.05. The molecule has 1 saturated carbocycles. The van der Waals surface area contributed by atoms with Crippen LogP contribution in [-0.4, -0.2) is 30.4 Å². The predicted octanol–water partition coefficient (Wildman–Crippen LogP) is 4.01. The lowest BCUT2D eigenvalue weighted by molar-refractivity contribution is 0.626. The van der Waals surface area contributed by atoms with Crippen molar-refractivity contribution >= 4 is 28.6 Å². The molecule has 0 radical (unpaired) electrons. The lowest BCUT2D eigenvalue weighted by atomic mass is 10.1. The van der Waals surface area contributed by atoms with Gasteiger partial charge in [0.25, 0.3) is 0 Å². The number of hydrogen-bond donors (Lipinski definition) is 4. The molecule has 0 saturated heterocycles. The van der Waals surface area contributed by atoms with Crippen molar-refractivity contribution in [2.24, 2.45) is 0 Å². The fourth-order valence-corrected chi connectivity index (χ4v) is 3.15. The molecule has 1 atom stereocenters. The first-order chi connectivity index (χ1) is 13.7. The van der Waals surface area contributed by atoms with Gasteiger partial charge in [-0.15, -0.1) is 0 Å². The van der Waals surface area contributed by atoms with E-state index >= 15 is 0 Å². The van der Waals surface area contributed by atoms with Gasteiger partial charge in [0.05, 0.1) is 17.6 Å². The average molecular weight is 378 g/mol. The lowest BCUT2D eigenvalue weighted by Gasteiger charge is -2.15. The van der Waals surface area contributed by atoms with E-state index in [1.807, 2.05) is 13.0 Å². The van der Waals surface area contributed by atoms with Gasteiger partial charge in [-0.3, -0.25) is 10.2 Å². The number of hydrogen-bond acceptors (Lipinski definition) is 6. The van der Waals surface area contributed by atoms with E-state index in [1.54, 1.807) is 18.3 Å². The first-order valence-corrected chi connectivity index (χ1v) is 9.21. The molecule has 1 aliphatic carbocycles. The number of anilines is 3. The van der Waals surface area contributed by atoms with E-state index in [0.29, 0.717) is 29.1 Å². The minimum absolute atomic E-state index is 0.0966. The van der Waals surface area contributed by atoms with Gasteiger partial charge in [0.1, 0.15) is 11.6 Å². The Morgan fingerprint density at radius 1 is 1.14 bits per heavy atom. The number of nitrogens with one attached hydrogen (secondary N) is 4. The van der Waals surface area contributed by atoms with Crippen LogP contribution in [0.4, 0.5) is 22.0 Å². The second kappa shape index (κ2) is 6.59. The Balaban J connectivity index is 1.42. The molecule has 142 valence electrons. The topological polar surface area (TPSA) is 107 Å². The molecule has 8 nitrogen and oxygen atoms in total. The van der Waals surface area contributed by atoms with Gasteiger partial charge < -0.3 is 10.6 Å². The average Bonchev–Trinajstić information content (AvgIpc) is 3.24. The molecule has 0 amide bonds. The van der Waals surface area contributed by atoms with E-state index in [1.165, 1.54) is 25.0 Å². The molecule has 4 aromatic rings. The third-order valence-electron chi connectivity index (χ3n) is 4.89. The Morgan fingerprint density at radius 3 is 2.75 bits per heavy atom. The van der Waals surface area contributed by atoms with Crippen molar-refractivity contribution in [3.8, 4) is 0 Å². The van der Waals surface area contributed by atoms with Crippen LogP contribution in [0.3, 0.4) is 0 Å². The van der Waals surface area contributed by atoms with Crippen LogP contribution in [0.15, 0.2) is 36.5 Å². The highest BCUT2D eigenvalue weighted by Gasteiger charge is 2.25. The molecule has 3 heterocycles. The standard InChI is InChI=1S/C19H19FN8/c1-10(11-4-6-13(20)7-5-11)22-19-24-17(14-9-21-28-18(14)25-19)23-16-8-15(26-27-16)12-2-3-12/h4-10,12H,2-3H2,1H3,(H4,21,22,23,24,25,26,27,28)/t10-/m0/s1. The van der Waals surface area contributed by atoms with Crippen LogP contribution < -0.4 is 10.6 Å². The molecule has 0 bridgehead atoms. The number of benzene rings is 1. The molecule has 3 aromatic heterocycles. The zero-order valence-corrected chi connectivity index (χ0v) is 15.2. The molecule has 1 fully saturated rings. The number of aromatic nitrogens is 6. The van der Waals surface area contributed by atoms with Crippen molar-refractivity contribution in [1.29, 1.82) is 0 Å². The van der Waals surface area contributed by atoms with E-state index in [0.717, 1.165) is 16.6 Å². The largest absolute Gasteiger partial charge is 0.348 e. The minimum atomic E-state index is -0.262. The smallest absolute Gasteiger partial charge is 0.227 e. The van der Waals surface area contributed by atoms with Crippen molar-refractivity contribution in [1.82, 2.24) is 30.4 Å². The van der Waals surface area contributed by atoms with Crippen LogP contribution in [-0.2, 0) is 0 Å². The molecule has 4 N–H and O–H groups in total. The normalized spacial score (nSPS) is 14.9. The van der Waals surface area contributed by atoms with Crippen LogP contribution in [0.1, 0.15) is 43.0 Å². The molecular weight excluding hydrogens is 359 g/mol. The summed E-state index contributed by atoms with van der Waals surface area (Å²) in [4.78, 5) is 9.08. The third-order valence-corrected chi connectivity index (χ3v) is 4.89. The zero-order chi connectivity index (χ0) is 19.1. The minimum Gasteiger partial charge on any atom is -0.348 e. The van der Waals surface area contributed by atoms with Gasteiger partial charge in [-0.2, -0.15) is 20.2 Å². The highest BCUT2D eigenvalue weighted by Crippen LogP contribution is 2.39. The highest BCUT2D eigenvalue weighted by molar-refractivity contribution is 5.88. The van der Waals surface area contributed by atoms with E-state index < -0.39 is 0 Å². The fraction of sp³-hybridized carbons (Fsp3) is 0.263. The number of fused-ring (bicyclic) bond motifs is 1. The number of rotatable bonds is 6. The van der Waals surface area contributed by atoms with Gasteiger partial charge >= 0.3 is 0 Å². The van der Waals surface area contributed by atoms with Crippen LogP contribution >= 0.6 is 0 Å². The number of halogens is 1. The summed E-state index contributed by atoms with van der Waals surface area (Å²) in [7, 11) is 0. The number of nitrogens with zero attached hydrogens (tertiary/aromatic N) is 4. The van der Waals surface area contributed by atoms with Gasteiger partial charge in [-0.25, -0.2) is 4.39 Å².